The number of benzene rings is 5. The molecule has 11 nitrogen and oxygen atoms in total. The number of fused-ring (bicyclic) bond motifs is 2. The van der Waals surface area contributed by atoms with E-state index in [4.69, 9.17) is 20.7 Å². The molecule has 0 saturated carbocycles. The lowest BCUT2D eigenvalue weighted by Gasteiger charge is -2.37. The predicted octanol–water partition coefficient (Wildman–Crippen LogP) is 8.80. The van der Waals surface area contributed by atoms with Crippen LogP contribution in [0.2, 0.25) is 0 Å². The molecule has 0 saturated heterocycles. The predicted molar refractivity (Wildman–Crippen MR) is 238 cm³/mol. The number of carbonyl (C=O) groups excluding carboxylic acids is 1. The smallest absolute Gasteiger partial charge is 0.231 e. The third-order valence-corrected chi connectivity index (χ3v) is 12.4. The van der Waals surface area contributed by atoms with Crippen LogP contribution in [0, 0.1) is 11.6 Å². The second-order valence-corrected chi connectivity index (χ2v) is 17.9. The van der Waals surface area contributed by atoms with Crippen LogP contribution in [0.4, 0.5) is 14.6 Å². The molecule has 0 aliphatic carbocycles. The lowest BCUT2D eigenvalue weighted by atomic mass is 9.77. The first kappa shape index (κ1) is 40.3. The van der Waals surface area contributed by atoms with E-state index in [1.807, 2.05) is 79.3 Å². The number of primary amides is 1. The molecule has 0 bridgehead atoms. The molecule has 0 aliphatic heterocycles. The maximum absolute atomic E-state index is 14.5. The fourth-order valence-electron chi connectivity index (χ4n) is 8.44. The Labute approximate surface area is 359 Å². The first-order chi connectivity index (χ1) is 29.9. The molecule has 0 spiro atoms. The lowest BCUT2D eigenvalue weighted by Crippen LogP contribution is -2.36. The van der Waals surface area contributed by atoms with Gasteiger partial charge in [-0.3, -0.25) is 14.2 Å². The van der Waals surface area contributed by atoms with Crippen LogP contribution in [0.15, 0.2) is 146 Å². The zero-order chi connectivity index (χ0) is 43.2. The van der Waals surface area contributed by atoms with Crippen LogP contribution in [0.25, 0.3) is 43.1 Å². The lowest BCUT2D eigenvalue weighted by molar-refractivity contribution is -0.118. The second-order valence-electron chi connectivity index (χ2n) is 15.1. The Hall–Kier alpha value is -7.10. The minimum Gasteiger partial charge on any atom is -0.370 e. The van der Waals surface area contributed by atoms with Crippen molar-refractivity contribution in [2.45, 2.75) is 24.3 Å². The molecule has 310 valence electrons. The van der Waals surface area contributed by atoms with E-state index >= 15 is 0 Å². The molecule has 4 heterocycles. The minimum absolute atomic E-state index is 0.0211. The first-order valence-electron chi connectivity index (χ1n) is 19.6. The van der Waals surface area contributed by atoms with Gasteiger partial charge >= 0.3 is 0 Å². The molecule has 3 N–H and O–H groups in total. The molecule has 62 heavy (non-hydrogen) atoms. The van der Waals surface area contributed by atoms with E-state index in [9.17, 15) is 22.0 Å². The third kappa shape index (κ3) is 7.60. The van der Waals surface area contributed by atoms with Gasteiger partial charge in [-0.05, 0) is 52.9 Å². The van der Waals surface area contributed by atoms with Crippen molar-refractivity contribution in [2.75, 3.05) is 11.0 Å². The Bertz CT molecular complexity index is 3110. The number of nitrogens with two attached hydrogens (primary N) is 1. The van der Waals surface area contributed by atoms with Gasteiger partial charge < -0.3 is 10.3 Å². The average Bonchev–Trinajstić information content (AvgIpc) is 3.98. The molecule has 4 aromatic heterocycles. The van der Waals surface area contributed by atoms with Crippen LogP contribution in [-0.2, 0) is 33.8 Å². The standard InChI is InChI=1S/C47H38F2N8O3S2/c1-56-43-36(19-12-20-37(43)44(54-56)55-62(2,59)60)38-26-40-45(52-42(38)30(24-41(50)58)21-29-22-34(48)25-35(49)23-29)53-46(61-40)39-27-57(28-51-39)47(31-13-6-3-7-14-31,32-15-8-4-9-16-32)33-17-10-5-11-18-33/h3-20,22-23,25-28,30H,21,24H2,1-2H3,(H2,50,58)(H,54,55)/t30-/m0/s1. The molecule has 0 unspecified atom stereocenters. The molecular formula is C47H38F2N8O3S2. The average molecular weight is 865 g/mol. The number of nitrogens with one attached hydrogen (secondary N) is 1. The second kappa shape index (κ2) is 16.1. The largest absolute Gasteiger partial charge is 0.370 e. The maximum atomic E-state index is 14.5. The monoisotopic (exact) mass is 864 g/mol. The van der Waals surface area contributed by atoms with Crippen molar-refractivity contribution >= 4 is 54.3 Å². The number of para-hydroxylation sites is 1. The van der Waals surface area contributed by atoms with Crippen LogP contribution in [-0.4, -0.2) is 49.9 Å². The van der Waals surface area contributed by atoms with E-state index in [1.54, 1.807) is 23.9 Å². The summed E-state index contributed by atoms with van der Waals surface area (Å²) in [6, 6.07) is 41.3. The van der Waals surface area contributed by atoms with E-state index in [-0.39, 0.29) is 18.7 Å². The van der Waals surface area contributed by atoms with Crippen molar-refractivity contribution in [3.05, 3.63) is 186 Å². The number of hydrogen-bond donors (Lipinski definition) is 2. The van der Waals surface area contributed by atoms with Gasteiger partial charge in [0, 0.05) is 48.2 Å². The zero-order valence-corrected chi connectivity index (χ0v) is 35.0. The quantitative estimate of drug-likeness (QED) is 0.110. The number of sulfonamides is 1. The van der Waals surface area contributed by atoms with Crippen molar-refractivity contribution in [2.24, 2.45) is 12.8 Å². The topological polar surface area (TPSA) is 151 Å². The molecule has 0 fully saturated rings. The summed E-state index contributed by atoms with van der Waals surface area (Å²) in [6.45, 7) is 0. The number of carbonyl (C=O) groups is 1. The van der Waals surface area contributed by atoms with E-state index in [1.165, 1.54) is 23.5 Å². The van der Waals surface area contributed by atoms with Gasteiger partial charge in [0.25, 0.3) is 0 Å². The number of pyridine rings is 1. The highest BCUT2D eigenvalue weighted by atomic mass is 32.2. The Balaban J connectivity index is 1.24. The summed E-state index contributed by atoms with van der Waals surface area (Å²) in [5.74, 6) is -2.77. The van der Waals surface area contributed by atoms with Gasteiger partial charge in [-0.2, -0.15) is 5.10 Å². The van der Waals surface area contributed by atoms with Crippen LogP contribution in [0.1, 0.15) is 40.3 Å². The van der Waals surface area contributed by atoms with Crippen molar-refractivity contribution in [3.8, 4) is 21.8 Å². The van der Waals surface area contributed by atoms with Crippen LogP contribution in [0.5, 0.6) is 0 Å². The molecule has 9 rings (SSSR count). The molecule has 9 aromatic rings. The van der Waals surface area contributed by atoms with Crippen molar-refractivity contribution in [1.29, 1.82) is 0 Å². The number of aryl methyl sites for hydroxylation is 1. The Morgan fingerprint density at radius 3 is 2.02 bits per heavy atom. The number of halogens is 2. The highest BCUT2D eigenvalue weighted by Gasteiger charge is 2.38. The van der Waals surface area contributed by atoms with Crippen molar-refractivity contribution < 1.29 is 22.0 Å². The zero-order valence-electron chi connectivity index (χ0n) is 33.4. The molecule has 1 atom stereocenters. The minimum atomic E-state index is -3.68. The molecule has 0 radical (unpaired) electrons. The highest BCUT2D eigenvalue weighted by molar-refractivity contribution is 7.92. The van der Waals surface area contributed by atoms with E-state index < -0.39 is 39.0 Å². The molecular weight excluding hydrogens is 827 g/mol. The maximum Gasteiger partial charge on any atom is 0.231 e. The number of rotatable bonds is 13. The van der Waals surface area contributed by atoms with Gasteiger partial charge in [0.15, 0.2) is 11.5 Å². The van der Waals surface area contributed by atoms with Gasteiger partial charge in [-0.15, -0.1) is 11.3 Å². The van der Waals surface area contributed by atoms with Crippen LogP contribution >= 0.6 is 11.3 Å². The number of hydrogen-bond acceptors (Lipinski definition) is 8. The number of nitrogens with zero attached hydrogens (tertiary/aromatic N) is 6. The molecule has 1 amide bonds. The van der Waals surface area contributed by atoms with Gasteiger partial charge in [0.05, 0.1) is 28.5 Å². The Kier molecular flexibility index (Phi) is 10.4. The molecule has 5 aromatic carbocycles. The van der Waals surface area contributed by atoms with E-state index in [2.05, 4.69) is 50.8 Å². The fraction of sp³-hybridized carbons (Fsp3) is 0.128. The van der Waals surface area contributed by atoms with Gasteiger partial charge in [0.2, 0.25) is 15.9 Å². The summed E-state index contributed by atoms with van der Waals surface area (Å²) in [5, 5.41) is 5.59. The van der Waals surface area contributed by atoms with Crippen LogP contribution in [0.3, 0.4) is 0 Å². The van der Waals surface area contributed by atoms with Gasteiger partial charge in [-0.25, -0.2) is 32.2 Å². The summed E-state index contributed by atoms with van der Waals surface area (Å²) in [4.78, 5) is 27.8. The summed E-state index contributed by atoms with van der Waals surface area (Å²) in [5.41, 5.74) is 11.6. The molecule has 0 aliphatic rings. The number of anilines is 1. The first-order valence-corrected chi connectivity index (χ1v) is 22.3. The summed E-state index contributed by atoms with van der Waals surface area (Å²) >= 11 is 1.38. The summed E-state index contributed by atoms with van der Waals surface area (Å²) < 4.78 is 60.6. The van der Waals surface area contributed by atoms with Crippen molar-refractivity contribution in [3.63, 3.8) is 0 Å². The van der Waals surface area contributed by atoms with Gasteiger partial charge in [-0.1, -0.05) is 103 Å². The normalized spacial score (nSPS) is 12.5. The van der Waals surface area contributed by atoms with E-state index in [0.717, 1.165) is 29.0 Å². The fourth-order valence-corrected chi connectivity index (χ4v) is 9.85. The van der Waals surface area contributed by atoms with E-state index in [0.29, 0.717) is 54.3 Å². The number of thiazole rings is 1. The third-order valence-electron chi connectivity index (χ3n) is 10.9. The number of aromatic nitrogens is 6. The molecule has 15 heteroatoms. The Morgan fingerprint density at radius 1 is 0.823 bits per heavy atom. The number of amides is 1. The summed E-state index contributed by atoms with van der Waals surface area (Å²) in [7, 11) is -1.99. The SMILES string of the molecule is Cn1nc(NS(C)(=O)=O)c2cccc(-c3cc4sc(-c5cn(C(c6ccccc6)(c6ccccc6)c6ccccc6)cn5)nc4nc3[C@H](CC(N)=O)Cc3cc(F)cc(F)c3)c21. The Morgan fingerprint density at radius 2 is 1.44 bits per heavy atom. The van der Waals surface area contributed by atoms with Crippen molar-refractivity contribution in [1.82, 2.24) is 29.3 Å². The number of imidazole rings is 1. The van der Waals surface area contributed by atoms with Gasteiger partial charge in [0.1, 0.15) is 27.9 Å². The van der Waals surface area contributed by atoms with Crippen LogP contribution < -0.4 is 10.5 Å². The highest BCUT2D eigenvalue weighted by Crippen LogP contribution is 2.44. The summed E-state index contributed by atoms with van der Waals surface area (Å²) in [6.07, 6.45) is 4.66.